The molecule has 2 aromatic carbocycles. The van der Waals surface area contributed by atoms with E-state index in [4.69, 9.17) is 4.74 Å². The zero-order valence-electron chi connectivity index (χ0n) is 16.0. The molecule has 168 valence electrons. The van der Waals surface area contributed by atoms with Crippen LogP contribution in [0.1, 0.15) is 22.3 Å². The largest absolute Gasteiger partial charge is 0.497 e. The van der Waals surface area contributed by atoms with Crippen molar-refractivity contribution in [3.05, 3.63) is 64.7 Å². The third-order valence-corrected chi connectivity index (χ3v) is 4.24. The second-order valence-corrected chi connectivity index (χ2v) is 6.60. The predicted octanol–water partition coefficient (Wildman–Crippen LogP) is 4.09. The Balaban J connectivity index is 2.19. The fourth-order valence-electron chi connectivity index (χ4n) is 2.75. The first-order valence-corrected chi connectivity index (χ1v) is 8.73. The highest BCUT2D eigenvalue weighted by Crippen LogP contribution is 2.36. The first-order valence-electron chi connectivity index (χ1n) is 8.73. The van der Waals surface area contributed by atoms with E-state index in [0.717, 1.165) is 0 Å². The zero-order valence-corrected chi connectivity index (χ0v) is 16.0. The number of rotatable bonds is 7. The van der Waals surface area contributed by atoms with Crippen LogP contribution in [0.3, 0.4) is 0 Å². The summed E-state index contributed by atoms with van der Waals surface area (Å²) in [5, 5.41) is 11.4. The highest BCUT2D eigenvalue weighted by atomic mass is 19.4. The van der Waals surface area contributed by atoms with Crippen LogP contribution in [-0.2, 0) is 34.8 Å². The Kier molecular flexibility index (Phi) is 7.19. The van der Waals surface area contributed by atoms with Gasteiger partial charge in [-0.3, -0.25) is 4.79 Å². The minimum absolute atomic E-state index is 0.0505. The van der Waals surface area contributed by atoms with Crippen LogP contribution in [0.15, 0.2) is 42.5 Å². The van der Waals surface area contributed by atoms with Gasteiger partial charge in [0.1, 0.15) is 11.8 Å². The Morgan fingerprint density at radius 2 is 1.45 bits per heavy atom. The molecule has 0 spiro atoms. The fraction of sp³-hybridized carbons (Fsp3) is 0.300. The first-order chi connectivity index (χ1) is 14.3. The second-order valence-electron chi connectivity index (χ2n) is 6.60. The van der Waals surface area contributed by atoms with E-state index in [9.17, 15) is 41.0 Å². The molecule has 2 aromatic rings. The molecule has 0 aliphatic heterocycles. The van der Waals surface area contributed by atoms with Gasteiger partial charge in [-0.1, -0.05) is 12.1 Å². The van der Waals surface area contributed by atoms with E-state index in [0.29, 0.717) is 23.4 Å². The van der Waals surface area contributed by atoms with Crippen LogP contribution in [0.25, 0.3) is 0 Å². The number of methoxy groups -OCH3 is 1. The molecule has 0 aliphatic carbocycles. The van der Waals surface area contributed by atoms with E-state index >= 15 is 0 Å². The van der Waals surface area contributed by atoms with Crippen molar-refractivity contribution < 1.29 is 45.8 Å². The summed E-state index contributed by atoms with van der Waals surface area (Å²) in [6.07, 6.45) is -11.1. The number of carbonyl (C=O) groups is 2. The molecule has 31 heavy (non-hydrogen) atoms. The van der Waals surface area contributed by atoms with Crippen molar-refractivity contribution >= 4 is 11.9 Å². The molecule has 1 amide bonds. The summed E-state index contributed by atoms with van der Waals surface area (Å²) >= 11 is 0. The van der Waals surface area contributed by atoms with Gasteiger partial charge in [-0.25, -0.2) is 4.79 Å². The van der Waals surface area contributed by atoms with Gasteiger partial charge in [-0.15, -0.1) is 0 Å². The maximum atomic E-state index is 12.9. The Bertz CT molecular complexity index is 906. The van der Waals surface area contributed by atoms with Crippen molar-refractivity contribution in [3.63, 3.8) is 0 Å². The lowest BCUT2D eigenvalue weighted by molar-refractivity contribution is -0.143. The van der Waals surface area contributed by atoms with Gasteiger partial charge in [0.25, 0.3) is 0 Å². The molecule has 0 unspecified atom stereocenters. The number of benzene rings is 2. The molecule has 0 bridgehead atoms. The van der Waals surface area contributed by atoms with Crippen molar-refractivity contribution in [3.8, 4) is 5.75 Å². The number of carboxylic acid groups (broad SMARTS) is 1. The number of carbonyl (C=O) groups excluding carboxylic acids is 1. The number of nitrogens with one attached hydrogen (secondary N) is 1. The van der Waals surface area contributed by atoms with Gasteiger partial charge in [0, 0.05) is 6.42 Å². The van der Waals surface area contributed by atoms with E-state index in [2.05, 4.69) is 5.32 Å². The highest BCUT2D eigenvalue weighted by molar-refractivity contribution is 5.85. The molecule has 2 N–H and O–H groups in total. The van der Waals surface area contributed by atoms with Crippen LogP contribution >= 0.6 is 0 Å². The van der Waals surface area contributed by atoms with Gasteiger partial charge in [-0.05, 0) is 41.5 Å². The van der Waals surface area contributed by atoms with Crippen LogP contribution < -0.4 is 10.1 Å². The third-order valence-electron chi connectivity index (χ3n) is 4.24. The Hall–Kier alpha value is -3.24. The first kappa shape index (κ1) is 24.0. The van der Waals surface area contributed by atoms with Crippen molar-refractivity contribution in [1.82, 2.24) is 5.32 Å². The SMILES string of the molecule is COc1ccc(C[C@@H](NC(=O)Cc2cc(C(F)(F)F)cc(C(F)(F)F)c2)C(=O)O)cc1. The quantitative estimate of drug-likeness (QED) is 0.625. The molecule has 0 fully saturated rings. The number of alkyl halides is 6. The molecular weight excluding hydrogens is 432 g/mol. The van der Waals surface area contributed by atoms with Crippen LogP contribution in [0, 0.1) is 0 Å². The number of carboxylic acids is 1. The molecule has 0 saturated carbocycles. The number of ether oxygens (including phenoxy) is 1. The maximum absolute atomic E-state index is 12.9. The molecule has 0 aliphatic rings. The zero-order chi connectivity index (χ0) is 23.4. The molecule has 0 radical (unpaired) electrons. The van der Waals surface area contributed by atoms with Gasteiger partial charge >= 0.3 is 18.3 Å². The minimum Gasteiger partial charge on any atom is -0.497 e. The van der Waals surface area contributed by atoms with Crippen LogP contribution in [-0.4, -0.2) is 30.1 Å². The summed E-state index contributed by atoms with van der Waals surface area (Å²) in [6, 6.07) is 5.61. The molecule has 2 rings (SSSR count). The lowest BCUT2D eigenvalue weighted by Crippen LogP contribution is -2.43. The fourth-order valence-corrected chi connectivity index (χ4v) is 2.75. The van der Waals surface area contributed by atoms with Gasteiger partial charge in [-0.2, -0.15) is 26.3 Å². The van der Waals surface area contributed by atoms with Crippen molar-refractivity contribution in [2.24, 2.45) is 0 Å². The standard InChI is InChI=1S/C20H17F6NO4/c1-31-15-4-2-11(3-5-15)8-16(18(29)30)27-17(28)9-12-6-13(19(21,22)23)10-14(7-12)20(24,25)26/h2-7,10,16H,8-9H2,1H3,(H,27,28)(H,29,30)/t16-/m1/s1. The summed E-state index contributed by atoms with van der Waals surface area (Å²) < 4.78 is 82.6. The van der Waals surface area contributed by atoms with Gasteiger partial charge in [0.15, 0.2) is 0 Å². The lowest BCUT2D eigenvalue weighted by Gasteiger charge is -2.17. The molecule has 11 heteroatoms. The monoisotopic (exact) mass is 449 g/mol. The molecule has 1 atom stereocenters. The van der Waals surface area contributed by atoms with Crippen LogP contribution in [0.4, 0.5) is 26.3 Å². The van der Waals surface area contributed by atoms with Crippen LogP contribution in [0.5, 0.6) is 5.75 Å². The number of amides is 1. The molecule has 5 nitrogen and oxygen atoms in total. The third kappa shape index (κ3) is 6.90. The van der Waals surface area contributed by atoms with E-state index in [1.807, 2.05) is 0 Å². The van der Waals surface area contributed by atoms with Gasteiger partial charge in [0.2, 0.25) is 5.91 Å². The molecule has 0 heterocycles. The summed E-state index contributed by atoms with van der Waals surface area (Å²) in [5.74, 6) is -1.93. The normalized spacial score (nSPS) is 12.9. The number of hydrogen-bond acceptors (Lipinski definition) is 3. The molecule has 0 aromatic heterocycles. The van der Waals surface area contributed by atoms with Crippen molar-refractivity contribution in [1.29, 1.82) is 0 Å². The van der Waals surface area contributed by atoms with Crippen LogP contribution in [0.2, 0.25) is 0 Å². The smallest absolute Gasteiger partial charge is 0.416 e. The minimum atomic E-state index is -5.05. The Morgan fingerprint density at radius 1 is 0.935 bits per heavy atom. The van der Waals surface area contributed by atoms with Crippen molar-refractivity contribution in [2.45, 2.75) is 31.2 Å². The van der Waals surface area contributed by atoms with Gasteiger partial charge < -0.3 is 15.2 Å². The van der Waals surface area contributed by atoms with Gasteiger partial charge in [0.05, 0.1) is 24.7 Å². The van der Waals surface area contributed by atoms with E-state index in [1.54, 1.807) is 24.3 Å². The number of halogens is 6. The lowest BCUT2D eigenvalue weighted by atomic mass is 10.0. The number of hydrogen-bond donors (Lipinski definition) is 2. The highest BCUT2D eigenvalue weighted by Gasteiger charge is 2.37. The summed E-state index contributed by atoms with van der Waals surface area (Å²) in [6.45, 7) is 0. The van der Waals surface area contributed by atoms with E-state index in [1.165, 1.54) is 7.11 Å². The predicted molar refractivity (Wildman–Crippen MR) is 96.4 cm³/mol. The van der Waals surface area contributed by atoms with E-state index < -0.39 is 53.4 Å². The topological polar surface area (TPSA) is 75.6 Å². The maximum Gasteiger partial charge on any atom is 0.416 e. The molecular formula is C20H17F6NO4. The van der Waals surface area contributed by atoms with Crippen molar-refractivity contribution in [2.75, 3.05) is 7.11 Å². The summed E-state index contributed by atoms with van der Waals surface area (Å²) in [5.41, 5.74) is -3.14. The molecule has 0 saturated heterocycles. The Labute approximate surface area is 172 Å². The summed E-state index contributed by atoms with van der Waals surface area (Å²) in [4.78, 5) is 23.6. The number of aliphatic carboxylic acids is 1. The average molecular weight is 449 g/mol. The Morgan fingerprint density at radius 3 is 1.87 bits per heavy atom. The second kappa shape index (κ2) is 9.27. The van der Waals surface area contributed by atoms with E-state index in [-0.39, 0.29) is 12.5 Å². The average Bonchev–Trinajstić information content (AvgIpc) is 2.66. The summed E-state index contributed by atoms with van der Waals surface area (Å²) in [7, 11) is 1.44.